The van der Waals surface area contributed by atoms with E-state index in [2.05, 4.69) is 20.2 Å². The van der Waals surface area contributed by atoms with Gasteiger partial charge in [-0.3, -0.25) is 15.1 Å². The number of nitro groups is 1. The molecule has 3 heterocycles. The number of pyridine rings is 1. The third-order valence-electron chi connectivity index (χ3n) is 4.07. The molecule has 21 heavy (non-hydrogen) atoms. The molecule has 0 aromatic carbocycles. The van der Waals surface area contributed by atoms with Gasteiger partial charge in [0.15, 0.2) is 0 Å². The van der Waals surface area contributed by atoms with Crippen molar-refractivity contribution in [3.05, 3.63) is 27.9 Å². The Kier molecular flexibility index (Phi) is 3.72. The van der Waals surface area contributed by atoms with Crippen molar-refractivity contribution < 1.29 is 4.92 Å². The number of rotatable bonds is 3. The number of aryl methyl sites for hydroxylation is 1. The van der Waals surface area contributed by atoms with Crippen LogP contribution >= 0.6 is 0 Å². The lowest BCUT2D eigenvalue weighted by molar-refractivity contribution is -0.385. The van der Waals surface area contributed by atoms with Crippen molar-refractivity contribution in [1.82, 2.24) is 10.3 Å². The predicted octanol–water partition coefficient (Wildman–Crippen LogP) is 1.52. The van der Waals surface area contributed by atoms with Gasteiger partial charge < -0.3 is 10.2 Å². The summed E-state index contributed by atoms with van der Waals surface area (Å²) in [4.78, 5) is 21.6. The first-order chi connectivity index (χ1) is 10.1. The van der Waals surface area contributed by atoms with Crippen LogP contribution in [0.15, 0.2) is 17.1 Å². The number of aromatic nitrogens is 1. The molecule has 1 atom stereocenters. The minimum Gasteiger partial charge on any atom is -0.372 e. The third-order valence-corrected chi connectivity index (χ3v) is 4.07. The summed E-state index contributed by atoms with van der Waals surface area (Å²) in [5.41, 5.74) is 0.546. The second-order valence-electron chi connectivity index (χ2n) is 5.51. The van der Waals surface area contributed by atoms with Crippen LogP contribution in [0.2, 0.25) is 0 Å². The molecular weight excluding hydrogens is 270 g/mol. The van der Waals surface area contributed by atoms with Gasteiger partial charge in [-0.1, -0.05) is 0 Å². The number of hydrogen-bond acceptors (Lipinski definition) is 6. The lowest BCUT2D eigenvalue weighted by atomic mass is 9.97. The molecule has 7 heteroatoms. The highest BCUT2D eigenvalue weighted by Gasteiger charge is 2.26. The van der Waals surface area contributed by atoms with Crippen LogP contribution in [-0.2, 0) is 0 Å². The fourth-order valence-corrected chi connectivity index (χ4v) is 3.01. The van der Waals surface area contributed by atoms with Gasteiger partial charge in [0.1, 0.15) is 17.3 Å². The minimum absolute atomic E-state index is 0.0779. The van der Waals surface area contributed by atoms with Crippen molar-refractivity contribution in [1.29, 1.82) is 0 Å². The molecule has 2 aliphatic heterocycles. The smallest absolute Gasteiger partial charge is 0.290 e. The summed E-state index contributed by atoms with van der Waals surface area (Å²) in [5, 5.41) is 14.2. The average Bonchev–Trinajstić information content (AvgIpc) is 3.01. The predicted molar refractivity (Wildman–Crippen MR) is 80.9 cm³/mol. The van der Waals surface area contributed by atoms with E-state index in [0.717, 1.165) is 50.7 Å². The van der Waals surface area contributed by atoms with Crippen molar-refractivity contribution >= 4 is 17.3 Å². The molecule has 0 amide bonds. The molecule has 1 unspecified atom stereocenters. The summed E-state index contributed by atoms with van der Waals surface area (Å²) in [6.07, 6.45) is 2.22. The number of piperidine rings is 1. The molecule has 1 N–H and O–H groups in total. The molecule has 3 rings (SSSR count). The van der Waals surface area contributed by atoms with Crippen molar-refractivity contribution in [2.75, 3.05) is 31.1 Å². The summed E-state index contributed by atoms with van der Waals surface area (Å²) in [7, 11) is 0. The van der Waals surface area contributed by atoms with Crippen molar-refractivity contribution in [2.24, 2.45) is 10.9 Å². The third kappa shape index (κ3) is 2.81. The van der Waals surface area contributed by atoms with Gasteiger partial charge in [0.25, 0.3) is 5.69 Å². The zero-order valence-electron chi connectivity index (χ0n) is 12.1. The van der Waals surface area contributed by atoms with Crippen LogP contribution in [0, 0.1) is 23.0 Å². The van der Waals surface area contributed by atoms with Gasteiger partial charge in [-0.2, -0.15) is 0 Å². The quantitative estimate of drug-likeness (QED) is 0.673. The van der Waals surface area contributed by atoms with Gasteiger partial charge in [0.2, 0.25) is 0 Å². The largest absolute Gasteiger partial charge is 0.372 e. The Morgan fingerprint density at radius 2 is 2.33 bits per heavy atom. The second kappa shape index (κ2) is 5.67. The molecule has 1 fully saturated rings. The van der Waals surface area contributed by atoms with Crippen LogP contribution in [0.1, 0.15) is 18.5 Å². The van der Waals surface area contributed by atoms with Gasteiger partial charge in [-0.05, 0) is 25.8 Å². The Morgan fingerprint density at radius 3 is 3.00 bits per heavy atom. The Morgan fingerprint density at radius 1 is 1.48 bits per heavy atom. The van der Waals surface area contributed by atoms with E-state index in [1.165, 1.54) is 0 Å². The molecule has 2 aliphatic rings. The van der Waals surface area contributed by atoms with Gasteiger partial charge in [-0.15, -0.1) is 0 Å². The van der Waals surface area contributed by atoms with Crippen molar-refractivity contribution in [3.63, 3.8) is 0 Å². The number of nitrogens with one attached hydrogen (secondary N) is 1. The van der Waals surface area contributed by atoms with E-state index in [1.807, 2.05) is 0 Å². The average molecular weight is 289 g/mol. The first-order valence-electron chi connectivity index (χ1n) is 7.30. The van der Waals surface area contributed by atoms with E-state index in [0.29, 0.717) is 11.6 Å². The zero-order chi connectivity index (χ0) is 14.8. The molecule has 1 saturated heterocycles. The summed E-state index contributed by atoms with van der Waals surface area (Å²) in [5.74, 6) is 2.35. The monoisotopic (exact) mass is 289 g/mol. The molecule has 1 aromatic rings. The Balaban J connectivity index is 1.77. The van der Waals surface area contributed by atoms with Gasteiger partial charge >= 0.3 is 0 Å². The summed E-state index contributed by atoms with van der Waals surface area (Å²) in [6, 6.07) is 3.30. The van der Waals surface area contributed by atoms with E-state index in [9.17, 15) is 10.1 Å². The van der Waals surface area contributed by atoms with Gasteiger partial charge in [-0.25, -0.2) is 4.98 Å². The van der Waals surface area contributed by atoms with Crippen LogP contribution in [0.5, 0.6) is 0 Å². The van der Waals surface area contributed by atoms with Gasteiger partial charge in [0.05, 0.1) is 11.5 Å². The second-order valence-corrected chi connectivity index (χ2v) is 5.51. The first-order valence-corrected chi connectivity index (χ1v) is 7.30. The summed E-state index contributed by atoms with van der Waals surface area (Å²) in [6.45, 7) is 5.29. The van der Waals surface area contributed by atoms with Crippen molar-refractivity contribution in [3.8, 4) is 0 Å². The summed E-state index contributed by atoms with van der Waals surface area (Å²) >= 11 is 0. The maximum Gasteiger partial charge on any atom is 0.290 e. The summed E-state index contributed by atoms with van der Waals surface area (Å²) < 4.78 is 0. The van der Waals surface area contributed by atoms with E-state index in [4.69, 9.17) is 0 Å². The number of anilines is 1. The molecule has 0 radical (unpaired) electrons. The normalized spacial score (nSPS) is 21.9. The van der Waals surface area contributed by atoms with E-state index in [-0.39, 0.29) is 10.6 Å². The lowest BCUT2D eigenvalue weighted by Gasteiger charge is -2.33. The Labute approximate surface area is 123 Å². The number of nitrogens with zero attached hydrogens (tertiary/aromatic N) is 4. The van der Waals surface area contributed by atoms with Crippen LogP contribution in [0.4, 0.5) is 11.5 Å². The molecule has 0 spiro atoms. The van der Waals surface area contributed by atoms with E-state index >= 15 is 0 Å². The topological polar surface area (TPSA) is 83.7 Å². The zero-order valence-corrected chi connectivity index (χ0v) is 12.1. The Hall–Kier alpha value is -2.18. The SMILES string of the molecule is Cc1nc(N2CCCC(C3=NCCN3)C2)ccc1[N+](=O)[O-]. The number of hydrogen-bond donors (Lipinski definition) is 1. The number of amidine groups is 1. The molecule has 7 nitrogen and oxygen atoms in total. The highest BCUT2D eigenvalue weighted by molar-refractivity contribution is 5.86. The van der Waals surface area contributed by atoms with Crippen molar-refractivity contribution in [2.45, 2.75) is 19.8 Å². The molecule has 0 saturated carbocycles. The molecule has 112 valence electrons. The minimum atomic E-state index is -0.387. The highest BCUT2D eigenvalue weighted by Crippen LogP contribution is 2.25. The fraction of sp³-hybridized carbons (Fsp3) is 0.571. The molecule has 1 aromatic heterocycles. The van der Waals surface area contributed by atoms with E-state index in [1.54, 1.807) is 19.1 Å². The lowest BCUT2D eigenvalue weighted by Crippen LogP contribution is -2.42. The Bertz CT molecular complexity index is 587. The molecular formula is C14H19N5O2. The van der Waals surface area contributed by atoms with Crippen LogP contribution < -0.4 is 10.2 Å². The number of aliphatic imine (C=N–C) groups is 1. The molecule has 0 aliphatic carbocycles. The van der Waals surface area contributed by atoms with Crippen LogP contribution in [0.3, 0.4) is 0 Å². The molecule has 0 bridgehead atoms. The van der Waals surface area contributed by atoms with Gasteiger partial charge in [0, 0.05) is 31.6 Å². The maximum atomic E-state index is 10.9. The highest BCUT2D eigenvalue weighted by atomic mass is 16.6. The first kappa shape index (κ1) is 13.8. The standard InChI is InChI=1S/C14H19N5O2/c1-10-12(19(20)21)4-5-13(17-10)18-8-2-3-11(9-18)14-15-6-7-16-14/h4-5,11H,2-3,6-9H2,1H3,(H,15,16). The maximum absolute atomic E-state index is 10.9. The van der Waals surface area contributed by atoms with Crippen LogP contribution in [-0.4, -0.2) is 41.9 Å². The fourth-order valence-electron chi connectivity index (χ4n) is 3.01. The van der Waals surface area contributed by atoms with E-state index < -0.39 is 0 Å². The van der Waals surface area contributed by atoms with Crippen LogP contribution in [0.25, 0.3) is 0 Å².